The standard InChI is InChI=1S/C7H12INO2/c1-2-11-6(10)7(3-8)4-9-5-7/h9H,2-5H2,1H3. The van der Waals surface area contributed by atoms with Crippen LogP contribution in [0.3, 0.4) is 0 Å². The molecule has 1 aliphatic rings. The van der Waals surface area contributed by atoms with E-state index in [1.165, 1.54) is 0 Å². The number of carbonyl (C=O) groups is 1. The predicted molar refractivity (Wildman–Crippen MR) is 50.8 cm³/mol. The van der Waals surface area contributed by atoms with Gasteiger partial charge in [0.05, 0.1) is 6.61 Å². The molecule has 1 N–H and O–H groups in total. The molecule has 0 bridgehead atoms. The first-order valence-electron chi connectivity index (χ1n) is 3.69. The van der Waals surface area contributed by atoms with Gasteiger partial charge in [-0.2, -0.15) is 0 Å². The summed E-state index contributed by atoms with van der Waals surface area (Å²) in [6.45, 7) is 3.87. The van der Waals surface area contributed by atoms with Crippen molar-refractivity contribution in [2.24, 2.45) is 5.41 Å². The summed E-state index contributed by atoms with van der Waals surface area (Å²) in [5, 5.41) is 3.09. The Labute approximate surface area is 80.0 Å². The first-order chi connectivity index (χ1) is 5.25. The molecule has 0 unspecified atom stereocenters. The molecule has 64 valence electrons. The Morgan fingerprint density at radius 3 is 2.64 bits per heavy atom. The minimum atomic E-state index is -0.212. The van der Waals surface area contributed by atoms with Crippen molar-refractivity contribution in [3.8, 4) is 0 Å². The van der Waals surface area contributed by atoms with Crippen molar-refractivity contribution in [1.82, 2.24) is 5.32 Å². The number of hydrogen-bond donors (Lipinski definition) is 1. The van der Waals surface area contributed by atoms with Gasteiger partial charge in [-0.15, -0.1) is 0 Å². The lowest BCUT2D eigenvalue weighted by Gasteiger charge is -2.38. The van der Waals surface area contributed by atoms with Crippen molar-refractivity contribution in [1.29, 1.82) is 0 Å². The summed E-state index contributed by atoms with van der Waals surface area (Å²) in [5.74, 6) is -0.0480. The number of hydrogen-bond acceptors (Lipinski definition) is 3. The van der Waals surface area contributed by atoms with Gasteiger partial charge in [0, 0.05) is 17.5 Å². The lowest BCUT2D eigenvalue weighted by atomic mass is 9.84. The minimum absolute atomic E-state index is 0.0480. The molecular formula is C7H12INO2. The summed E-state index contributed by atoms with van der Waals surface area (Å²) in [4.78, 5) is 11.3. The molecule has 0 aromatic carbocycles. The molecule has 0 saturated carbocycles. The maximum atomic E-state index is 11.3. The van der Waals surface area contributed by atoms with E-state index in [9.17, 15) is 4.79 Å². The molecule has 0 spiro atoms. The highest BCUT2D eigenvalue weighted by Crippen LogP contribution is 2.26. The largest absolute Gasteiger partial charge is 0.465 e. The first-order valence-corrected chi connectivity index (χ1v) is 5.21. The molecule has 0 atom stereocenters. The van der Waals surface area contributed by atoms with Crippen LogP contribution in [0.15, 0.2) is 0 Å². The zero-order valence-corrected chi connectivity index (χ0v) is 8.68. The van der Waals surface area contributed by atoms with Crippen LogP contribution in [0.4, 0.5) is 0 Å². The van der Waals surface area contributed by atoms with E-state index < -0.39 is 0 Å². The van der Waals surface area contributed by atoms with Crippen molar-refractivity contribution < 1.29 is 9.53 Å². The van der Waals surface area contributed by atoms with E-state index in [2.05, 4.69) is 27.9 Å². The molecule has 4 heteroatoms. The van der Waals surface area contributed by atoms with Crippen LogP contribution in [0.5, 0.6) is 0 Å². The Morgan fingerprint density at radius 2 is 2.36 bits per heavy atom. The predicted octanol–water partition coefficient (Wildman–Crippen LogP) is 0.574. The van der Waals surface area contributed by atoms with Gasteiger partial charge in [-0.05, 0) is 6.92 Å². The van der Waals surface area contributed by atoms with Crippen LogP contribution >= 0.6 is 22.6 Å². The van der Waals surface area contributed by atoms with Gasteiger partial charge in [0.15, 0.2) is 0 Å². The van der Waals surface area contributed by atoms with Gasteiger partial charge in [0.25, 0.3) is 0 Å². The SMILES string of the molecule is CCOC(=O)C1(CI)CNC1. The van der Waals surface area contributed by atoms with E-state index in [-0.39, 0.29) is 11.4 Å². The first kappa shape index (κ1) is 9.25. The Kier molecular flexibility index (Phi) is 3.12. The number of carbonyl (C=O) groups excluding carboxylic acids is 1. The molecule has 11 heavy (non-hydrogen) atoms. The van der Waals surface area contributed by atoms with Gasteiger partial charge in [0.1, 0.15) is 5.41 Å². The van der Waals surface area contributed by atoms with Crippen LogP contribution in [0.2, 0.25) is 0 Å². The van der Waals surface area contributed by atoms with Crippen LogP contribution < -0.4 is 5.32 Å². The quantitative estimate of drug-likeness (QED) is 0.462. The maximum absolute atomic E-state index is 11.3. The number of rotatable bonds is 3. The number of halogens is 1. The monoisotopic (exact) mass is 269 g/mol. The van der Waals surface area contributed by atoms with E-state index in [0.29, 0.717) is 6.61 Å². The van der Waals surface area contributed by atoms with Crippen molar-refractivity contribution in [2.75, 3.05) is 24.1 Å². The van der Waals surface area contributed by atoms with Crippen molar-refractivity contribution in [2.45, 2.75) is 6.92 Å². The summed E-state index contributed by atoms with van der Waals surface area (Å²) >= 11 is 2.23. The van der Waals surface area contributed by atoms with E-state index in [4.69, 9.17) is 4.74 Å². The molecule has 0 radical (unpaired) electrons. The topological polar surface area (TPSA) is 38.3 Å². The normalized spacial score (nSPS) is 20.5. The Hall–Kier alpha value is 0.160. The number of esters is 1. The van der Waals surface area contributed by atoms with Gasteiger partial charge in [-0.25, -0.2) is 0 Å². The van der Waals surface area contributed by atoms with Crippen molar-refractivity contribution >= 4 is 28.6 Å². The van der Waals surface area contributed by atoms with Crippen LogP contribution in [-0.2, 0) is 9.53 Å². The molecule has 1 aliphatic heterocycles. The van der Waals surface area contributed by atoms with Crippen LogP contribution in [0.25, 0.3) is 0 Å². The fourth-order valence-corrected chi connectivity index (χ4v) is 1.86. The molecule has 0 aromatic heterocycles. The van der Waals surface area contributed by atoms with Gasteiger partial charge >= 0.3 is 5.97 Å². The number of ether oxygens (including phenoxy) is 1. The molecular weight excluding hydrogens is 257 g/mol. The Morgan fingerprint density at radius 1 is 1.73 bits per heavy atom. The highest BCUT2D eigenvalue weighted by molar-refractivity contribution is 14.1. The summed E-state index contributed by atoms with van der Waals surface area (Å²) in [5.41, 5.74) is -0.212. The maximum Gasteiger partial charge on any atom is 0.315 e. The average Bonchev–Trinajstić information content (AvgIpc) is 1.87. The third kappa shape index (κ3) is 1.66. The Balaban J connectivity index is 2.47. The summed E-state index contributed by atoms with van der Waals surface area (Å²) in [7, 11) is 0. The minimum Gasteiger partial charge on any atom is -0.465 e. The fourth-order valence-electron chi connectivity index (χ4n) is 1.00. The molecule has 1 heterocycles. The number of nitrogens with one attached hydrogen (secondary N) is 1. The average molecular weight is 269 g/mol. The van der Waals surface area contributed by atoms with Crippen molar-refractivity contribution in [3.05, 3.63) is 0 Å². The van der Waals surface area contributed by atoms with Crippen molar-refractivity contribution in [3.63, 3.8) is 0 Å². The molecule has 1 saturated heterocycles. The van der Waals surface area contributed by atoms with Crippen LogP contribution in [0, 0.1) is 5.41 Å². The zero-order chi connectivity index (χ0) is 8.32. The lowest BCUT2D eigenvalue weighted by molar-refractivity contribution is -0.156. The van der Waals surface area contributed by atoms with E-state index in [1.807, 2.05) is 6.92 Å². The summed E-state index contributed by atoms with van der Waals surface area (Å²) < 4.78 is 5.80. The van der Waals surface area contributed by atoms with Crippen LogP contribution in [-0.4, -0.2) is 30.1 Å². The molecule has 1 rings (SSSR count). The molecule has 0 amide bonds. The molecule has 0 aliphatic carbocycles. The molecule has 1 fully saturated rings. The Bertz CT molecular complexity index is 151. The summed E-state index contributed by atoms with van der Waals surface area (Å²) in [6, 6.07) is 0. The fraction of sp³-hybridized carbons (Fsp3) is 0.857. The third-order valence-corrected chi connectivity index (χ3v) is 3.35. The lowest BCUT2D eigenvalue weighted by Crippen LogP contribution is -2.59. The van der Waals surface area contributed by atoms with E-state index in [0.717, 1.165) is 17.5 Å². The highest BCUT2D eigenvalue weighted by atomic mass is 127. The van der Waals surface area contributed by atoms with E-state index >= 15 is 0 Å². The zero-order valence-electron chi connectivity index (χ0n) is 6.52. The molecule has 3 nitrogen and oxygen atoms in total. The van der Waals surface area contributed by atoms with Crippen LogP contribution in [0.1, 0.15) is 6.92 Å². The molecule has 0 aromatic rings. The third-order valence-electron chi connectivity index (χ3n) is 1.89. The van der Waals surface area contributed by atoms with Gasteiger partial charge in [-0.1, -0.05) is 22.6 Å². The highest BCUT2D eigenvalue weighted by Gasteiger charge is 2.44. The smallest absolute Gasteiger partial charge is 0.315 e. The second-order valence-corrected chi connectivity index (χ2v) is 3.50. The van der Waals surface area contributed by atoms with Gasteiger partial charge in [-0.3, -0.25) is 4.79 Å². The summed E-state index contributed by atoms with van der Waals surface area (Å²) in [6.07, 6.45) is 0. The van der Waals surface area contributed by atoms with Gasteiger partial charge in [0.2, 0.25) is 0 Å². The van der Waals surface area contributed by atoms with Gasteiger partial charge < -0.3 is 10.1 Å². The number of alkyl halides is 1. The second kappa shape index (κ2) is 3.71. The van der Waals surface area contributed by atoms with E-state index in [1.54, 1.807) is 0 Å². The second-order valence-electron chi connectivity index (χ2n) is 2.74.